The van der Waals surface area contributed by atoms with Crippen molar-refractivity contribution in [1.82, 2.24) is 9.88 Å². The van der Waals surface area contributed by atoms with Gasteiger partial charge in [-0.1, -0.05) is 0 Å². The van der Waals surface area contributed by atoms with Crippen molar-refractivity contribution >= 4 is 23.2 Å². The molecule has 20 heavy (non-hydrogen) atoms. The van der Waals surface area contributed by atoms with E-state index in [0.29, 0.717) is 17.8 Å². The summed E-state index contributed by atoms with van der Waals surface area (Å²) in [6.45, 7) is -0.0169. The van der Waals surface area contributed by atoms with Crippen LogP contribution in [0, 0.1) is 0 Å². The molecule has 0 saturated carbocycles. The first-order valence-electron chi connectivity index (χ1n) is 5.84. The Hall–Kier alpha value is -1.64. The summed E-state index contributed by atoms with van der Waals surface area (Å²) in [5.74, 6) is -3.36. The fourth-order valence-electron chi connectivity index (χ4n) is 2.12. The largest absolute Gasteiger partial charge is 0.476 e. The van der Waals surface area contributed by atoms with Crippen molar-refractivity contribution in [2.75, 3.05) is 13.1 Å². The fourth-order valence-corrected chi connectivity index (χ4v) is 3.04. The SMILES string of the molecule is O=C(O)c1csc(C2CCCN(C(=O)C(F)(F)F)C2)n1. The average Bonchev–Trinajstić information content (AvgIpc) is 2.86. The van der Waals surface area contributed by atoms with E-state index in [1.165, 1.54) is 5.38 Å². The molecule has 1 N–H and O–H groups in total. The summed E-state index contributed by atoms with van der Waals surface area (Å²) >= 11 is 1.09. The van der Waals surface area contributed by atoms with Gasteiger partial charge < -0.3 is 10.0 Å². The first kappa shape index (κ1) is 14.8. The molecule has 1 aliphatic heterocycles. The third-order valence-electron chi connectivity index (χ3n) is 3.04. The molecule has 1 unspecified atom stereocenters. The predicted molar refractivity (Wildman–Crippen MR) is 63.7 cm³/mol. The molecular formula is C11H11F3N2O3S. The Balaban J connectivity index is 2.10. The van der Waals surface area contributed by atoms with Gasteiger partial charge in [-0.25, -0.2) is 9.78 Å². The predicted octanol–water partition coefficient (Wildman–Crippen LogP) is 2.11. The van der Waals surface area contributed by atoms with Crippen LogP contribution < -0.4 is 0 Å². The standard InChI is InChI=1S/C11H11F3N2O3S/c12-11(13,14)10(19)16-3-1-2-6(4-16)8-15-7(5-20-8)9(17)18/h5-6H,1-4H2,(H,17,18). The van der Waals surface area contributed by atoms with Gasteiger partial charge in [0.05, 0.1) is 5.01 Å². The lowest BCUT2D eigenvalue weighted by Crippen LogP contribution is -2.45. The van der Waals surface area contributed by atoms with Gasteiger partial charge in [0.15, 0.2) is 5.69 Å². The van der Waals surface area contributed by atoms with Crippen molar-refractivity contribution in [2.24, 2.45) is 0 Å². The van der Waals surface area contributed by atoms with Crippen LogP contribution in [0.2, 0.25) is 0 Å². The van der Waals surface area contributed by atoms with Gasteiger partial charge in [-0.15, -0.1) is 11.3 Å². The quantitative estimate of drug-likeness (QED) is 0.908. The molecule has 1 fully saturated rings. The lowest BCUT2D eigenvalue weighted by Gasteiger charge is -2.32. The van der Waals surface area contributed by atoms with Gasteiger partial charge in [-0.2, -0.15) is 13.2 Å². The Labute approximate surface area is 116 Å². The maximum absolute atomic E-state index is 12.4. The maximum Gasteiger partial charge on any atom is 0.471 e. The lowest BCUT2D eigenvalue weighted by molar-refractivity contribution is -0.186. The number of carboxylic acids is 1. The van der Waals surface area contributed by atoms with Crippen molar-refractivity contribution in [1.29, 1.82) is 0 Å². The van der Waals surface area contributed by atoms with Gasteiger partial charge in [-0.05, 0) is 12.8 Å². The second-order valence-electron chi connectivity index (χ2n) is 4.46. The molecule has 1 amide bonds. The summed E-state index contributed by atoms with van der Waals surface area (Å²) in [6.07, 6.45) is -3.85. The van der Waals surface area contributed by atoms with E-state index in [1.54, 1.807) is 0 Å². The number of hydrogen-bond acceptors (Lipinski definition) is 4. The fraction of sp³-hybridized carbons (Fsp3) is 0.545. The summed E-state index contributed by atoms with van der Waals surface area (Å²) in [5.41, 5.74) is -0.121. The highest BCUT2D eigenvalue weighted by molar-refractivity contribution is 7.09. The molecule has 0 aromatic carbocycles. The van der Waals surface area contributed by atoms with E-state index in [9.17, 15) is 22.8 Å². The van der Waals surface area contributed by atoms with Gasteiger partial charge in [0.25, 0.3) is 0 Å². The number of rotatable bonds is 2. The Morgan fingerprint density at radius 3 is 2.70 bits per heavy atom. The normalized spacial score (nSPS) is 19.9. The smallest absolute Gasteiger partial charge is 0.471 e. The number of carboxylic acid groups (broad SMARTS) is 1. The first-order valence-corrected chi connectivity index (χ1v) is 6.72. The highest BCUT2D eigenvalue weighted by atomic mass is 32.1. The molecule has 9 heteroatoms. The molecule has 5 nitrogen and oxygen atoms in total. The summed E-state index contributed by atoms with van der Waals surface area (Å²) in [7, 11) is 0. The molecular weight excluding hydrogens is 297 g/mol. The summed E-state index contributed by atoms with van der Waals surface area (Å²) < 4.78 is 37.2. The Bertz CT molecular complexity index is 529. The van der Waals surface area contributed by atoms with E-state index >= 15 is 0 Å². The zero-order chi connectivity index (χ0) is 14.9. The van der Waals surface area contributed by atoms with Crippen LogP contribution in [0.25, 0.3) is 0 Å². The molecule has 0 spiro atoms. The second kappa shape index (κ2) is 5.39. The van der Waals surface area contributed by atoms with Crippen molar-refractivity contribution in [2.45, 2.75) is 24.9 Å². The zero-order valence-corrected chi connectivity index (χ0v) is 11.0. The Kier molecular flexibility index (Phi) is 3.98. The number of aromatic nitrogens is 1. The van der Waals surface area contributed by atoms with Crippen LogP contribution >= 0.6 is 11.3 Å². The highest BCUT2D eigenvalue weighted by Crippen LogP contribution is 2.31. The number of likely N-dealkylation sites (tertiary alicyclic amines) is 1. The Morgan fingerprint density at radius 2 is 2.15 bits per heavy atom. The minimum Gasteiger partial charge on any atom is -0.476 e. The van der Waals surface area contributed by atoms with Crippen LogP contribution in [-0.4, -0.2) is 46.1 Å². The third kappa shape index (κ3) is 3.09. The molecule has 2 heterocycles. The molecule has 1 saturated heterocycles. The van der Waals surface area contributed by atoms with E-state index in [4.69, 9.17) is 5.11 Å². The number of aromatic carboxylic acids is 1. The number of thiazole rings is 1. The molecule has 1 aromatic heterocycles. The van der Waals surface area contributed by atoms with Gasteiger partial charge in [0, 0.05) is 24.4 Å². The number of alkyl halides is 3. The van der Waals surface area contributed by atoms with E-state index in [0.717, 1.165) is 16.2 Å². The molecule has 1 aliphatic rings. The van der Waals surface area contributed by atoms with Gasteiger partial charge in [-0.3, -0.25) is 4.79 Å². The molecule has 2 rings (SSSR count). The van der Waals surface area contributed by atoms with Crippen LogP contribution in [0.3, 0.4) is 0 Å². The number of carbonyl (C=O) groups is 2. The van der Waals surface area contributed by atoms with E-state index in [1.807, 2.05) is 0 Å². The number of halogens is 3. The van der Waals surface area contributed by atoms with Crippen LogP contribution in [0.1, 0.15) is 34.3 Å². The van der Waals surface area contributed by atoms with Crippen LogP contribution in [0.5, 0.6) is 0 Å². The number of nitrogens with zero attached hydrogens (tertiary/aromatic N) is 2. The molecule has 0 radical (unpaired) electrons. The number of amides is 1. The van der Waals surface area contributed by atoms with Crippen molar-refractivity contribution in [3.8, 4) is 0 Å². The van der Waals surface area contributed by atoms with Crippen molar-refractivity contribution < 1.29 is 27.9 Å². The highest BCUT2D eigenvalue weighted by Gasteiger charge is 2.44. The maximum atomic E-state index is 12.4. The number of carbonyl (C=O) groups excluding carboxylic acids is 1. The average molecular weight is 308 g/mol. The molecule has 1 aromatic rings. The Morgan fingerprint density at radius 1 is 1.45 bits per heavy atom. The summed E-state index contributed by atoms with van der Waals surface area (Å²) in [5, 5.41) is 10.6. The van der Waals surface area contributed by atoms with Gasteiger partial charge >= 0.3 is 18.1 Å². The van der Waals surface area contributed by atoms with Crippen molar-refractivity contribution in [3.05, 3.63) is 16.1 Å². The lowest BCUT2D eigenvalue weighted by atomic mass is 9.98. The van der Waals surface area contributed by atoms with E-state index < -0.39 is 18.1 Å². The second-order valence-corrected chi connectivity index (χ2v) is 5.35. The number of piperidine rings is 1. The van der Waals surface area contributed by atoms with Crippen molar-refractivity contribution in [3.63, 3.8) is 0 Å². The van der Waals surface area contributed by atoms with E-state index in [-0.39, 0.29) is 24.7 Å². The minimum absolute atomic E-state index is 0.0615. The topological polar surface area (TPSA) is 70.5 Å². The van der Waals surface area contributed by atoms with Crippen LogP contribution in [0.4, 0.5) is 13.2 Å². The van der Waals surface area contributed by atoms with Gasteiger partial charge in [0.1, 0.15) is 0 Å². The van der Waals surface area contributed by atoms with Gasteiger partial charge in [0.2, 0.25) is 0 Å². The van der Waals surface area contributed by atoms with Crippen LogP contribution in [-0.2, 0) is 4.79 Å². The summed E-state index contributed by atoms with van der Waals surface area (Å²) in [4.78, 5) is 26.6. The number of hydrogen-bond donors (Lipinski definition) is 1. The van der Waals surface area contributed by atoms with Crippen LogP contribution in [0.15, 0.2) is 5.38 Å². The monoisotopic (exact) mass is 308 g/mol. The molecule has 110 valence electrons. The molecule has 1 atom stereocenters. The minimum atomic E-state index is -4.88. The third-order valence-corrected chi connectivity index (χ3v) is 4.05. The zero-order valence-electron chi connectivity index (χ0n) is 10.2. The molecule has 0 bridgehead atoms. The van der Waals surface area contributed by atoms with E-state index in [2.05, 4.69) is 4.98 Å². The molecule has 0 aliphatic carbocycles. The summed E-state index contributed by atoms with van der Waals surface area (Å²) in [6, 6.07) is 0. The first-order chi connectivity index (χ1) is 9.29.